The molecule has 0 bridgehead atoms. The zero-order valence-corrected chi connectivity index (χ0v) is 20.7. The van der Waals surface area contributed by atoms with Gasteiger partial charge in [-0.1, -0.05) is 51.2 Å². The lowest BCUT2D eigenvalue weighted by atomic mass is 9.83. The minimum atomic E-state index is -0.744. The lowest BCUT2D eigenvalue weighted by Crippen LogP contribution is -2.46. The van der Waals surface area contributed by atoms with Crippen LogP contribution in [0.5, 0.6) is 0 Å². The van der Waals surface area contributed by atoms with E-state index in [2.05, 4.69) is 10.3 Å². The number of nitrogens with zero attached hydrogens (tertiary/aromatic N) is 2. The number of carbonyl (C=O) groups is 3. The highest BCUT2D eigenvalue weighted by Crippen LogP contribution is 2.29. The average molecular weight is 484 g/mol. The van der Waals surface area contributed by atoms with Crippen molar-refractivity contribution in [2.75, 3.05) is 26.3 Å². The molecule has 1 aliphatic heterocycles. The molecule has 1 saturated heterocycles. The summed E-state index contributed by atoms with van der Waals surface area (Å²) in [6.45, 7) is 4.03. The second kappa shape index (κ2) is 12.3. The smallest absolute Gasteiger partial charge is 0.266 e. The van der Waals surface area contributed by atoms with Crippen molar-refractivity contribution in [3.63, 3.8) is 0 Å². The maximum absolute atomic E-state index is 13.4. The number of amides is 2. The monoisotopic (exact) mass is 483 g/mol. The Bertz CT molecular complexity index is 974. The van der Waals surface area contributed by atoms with Crippen molar-refractivity contribution < 1.29 is 23.5 Å². The van der Waals surface area contributed by atoms with E-state index >= 15 is 0 Å². The molecule has 0 radical (unpaired) electrons. The van der Waals surface area contributed by atoms with E-state index in [0.29, 0.717) is 56.2 Å². The van der Waals surface area contributed by atoms with Crippen molar-refractivity contribution in [1.29, 1.82) is 0 Å². The molecule has 190 valence electrons. The number of ether oxygens (including phenoxy) is 1. The van der Waals surface area contributed by atoms with E-state index in [0.717, 1.165) is 6.42 Å². The summed E-state index contributed by atoms with van der Waals surface area (Å²) in [5.74, 6) is -0.447. The first-order valence-corrected chi connectivity index (χ1v) is 13.1. The molecule has 4 rings (SSSR count). The normalized spacial score (nSPS) is 18.8. The van der Waals surface area contributed by atoms with Gasteiger partial charge in [-0.25, -0.2) is 4.98 Å². The van der Waals surface area contributed by atoms with Gasteiger partial charge in [0.2, 0.25) is 17.6 Å². The molecule has 35 heavy (non-hydrogen) atoms. The van der Waals surface area contributed by atoms with Gasteiger partial charge in [-0.3, -0.25) is 14.4 Å². The van der Waals surface area contributed by atoms with Crippen LogP contribution < -0.4 is 5.32 Å². The van der Waals surface area contributed by atoms with Crippen LogP contribution >= 0.6 is 0 Å². The van der Waals surface area contributed by atoms with E-state index in [-0.39, 0.29) is 29.9 Å². The number of Topliss-reactive ketones (excluding diaryl/α,β-unsaturated/α-hetero) is 1. The quantitative estimate of drug-likeness (QED) is 0.510. The first-order valence-electron chi connectivity index (χ1n) is 13.1. The highest BCUT2D eigenvalue weighted by molar-refractivity contribution is 6.00. The molecule has 1 aromatic carbocycles. The van der Waals surface area contributed by atoms with Gasteiger partial charge in [0.05, 0.1) is 19.3 Å². The minimum absolute atomic E-state index is 0.00139. The van der Waals surface area contributed by atoms with E-state index in [1.807, 2.05) is 19.1 Å². The summed E-state index contributed by atoms with van der Waals surface area (Å²) < 4.78 is 11.0. The fraction of sp³-hybridized carbons (Fsp3) is 0.630. The molecule has 2 fully saturated rings. The van der Waals surface area contributed by atoms with Crippen LogP contribution in [-0.2, 0) is 14.3 Å². The minimum Gasteiger partial charge on any atom is -0.434 e. The third-order valence-electron chi connectivity index (χ3n) is 7.35. The number of para-hydroxylation sites is 2. The van der Waals surface area contributed by atoms with Crippen LogP contribution in [0.3, 0.4) is 0 Å². The van der Waals surface area contributed by atoms with Gasteiger partial charge in [0.25, 0.3) is 5.89 Å². The summed E-state index contributed by atoms with van der Waals surface area (Å²) in [6.07, 6.45) is 8.31. The molecular weight excluding hydrogens is 446 g/mol. The van der Waals surface area contributed by atoms with Crippen molar-refractivity contribution in [3.8, 4) is 0 Å². The molecule has 0 spiro atoms. The van der Waals surface area contributed by atoms with Crippen molar-refractivity contribution in [2.24, 2.45) is 11.8 Å². The molecule has 8 nitrogen and oxygen atoms in total. The third kappa shape index (κ3) is 6.69. The summed E-state index contributed by atoms with van der Waals surface area (Å²) in [5.41, 5.74) is 1.15. The predicted octanol–water partition coefficient (Wildman–Crippen LogP) is 4.13. The van der Waals surface area contributed by atoms with Crippen LogP contribution in [0.4, 0.5) is 0 Å². The molecule has 1 aromatic heterocycles. The lowest BCUT2D eigenvalue weighted by molar-refractivity contribution is -0.139. The number of nitrogens with one attached hydrogen (secondary N) is 1. The van der Waals surface area contributed by atoms with Crippen LogP contribution in [0.25, 0.3) is 11.1 Å². The first-order chi connectivity index (χ1) is 17.0. The number of rotatable bonds is 10. The standard InChI is InChI=1S/C27H37N3O5/c1-2-21(25(32)27-29-22-10-6-7-11-23(22)35-27)28-26(33)20(13-12-19-8-4-3-5-9-19)18-24(31)30-14-16-34-17-15-30/h6-7,10-11,19-21H,2-5,8-9,12-18H2,1H3,(H,28,33). The van der Waals surface area contributed by atoms with Crippen LogP contribution in [0.2, 0.25) is 0 Å². The van der Waals surface area contributed by atoms with Gasteiger partial charge in [-0.2, -0.15) is 0 Å². The summed E-state index contributed by atoms with van der Waals surface area (Å²) in [5, 5.41) is 2.92. The Morgan fingerprint density at radius 1 is 1.11 bits per heavy atom. The summed E-state index contributed by atoms with van der Waals surface area (Å²) in [4.78, 5) is 45.6. The Balaban J connectivity index is 1.42. The predicted molar refractivity (Wildman–Crippen MR) is 132 cm³/mol. The largest absolute Gasteiger partial charge is 0.434 e. The zero-order chi connectivity index (χ0) is 24.6. The second-order valence-electron chi connectivity index (χ2n) is 9.80. The Morgan fingerprint density at radius 3 is 2.57 bits per heavy atom. The van der Waals surface area contributed by atoms with Crippen LogP contribution in [-0.4, -0.2) is 59.8 Å². The van der Waals surface area contributed by atoms with Crippen molar-refractivity contribution in [2.45, 2.75) is 70.8 Å². The van der Waals surface area contributed by atoms with Gasteiger partial charge in [0.1, 0.15) is 5.52 Å². The molecule has 8 heteroatoms. The van der Waals surface area contributed by atoms with Crippen molar-refractivity contribution >= 4 is 28.7 Å². The maximum atomic E-state index is 13.4. The molecule has 2 aromatic rings. The van der Waals surface area contributed by atoms with E-state index < -0.39 is 12.0 Å². The van der Waals surface area contributed by atoms with Gasteiger partial charge >= 0.3 is 0 Å². The van der Waals surface area contributed by atoms with Crippen LogP contribution in [0, 0.1) is 11.8 Å². The number of benzene rings is 1. The Labute approximate surface area is 206 Å². The fourth-order valence-electron chi connectivity index (χ4n) is 5.16. The Morgan fingerprint density at radius 2 is 1.86 bits per heavy atom. The van der Waals surface area contributed by atoms with E-state index in [1.165, 1.54) is 32.1 Å². The summed E-state index contributed by atoms with van der Waals surface area (Å²) >= 11 is 0. The highest BCUT2D eigenvalue weighted by atomic mass is 16.5. The van der Waals surface area contributed by atoms with Gasteiger partial charge in [0.15, 0.2) is 5.58 Å². The number of oxazole rings is 1. The molecule has 1 N–H and O–H groups in total. The topological polar surface area (TPSA) is 102 Å². The number of morpholine rings is 1. The lowest BCUT2D eigenvalue weighted by Gasteiger charge is -2.29. The van der Waals surface area contributed by atoms with E-state index in [9.17, 15) is 14.4 Å². The van der Waals surface area contributed by atoms with Gasteiger partial charge in [0, 0.05) is 25.4 Å². The summed E-state index contributed by atoms with van der Waals surface area (Å²) in [6, 6.07) is 6.46. The van der Waals surface area contributed by atoms with Crippen molar-refractivity contribution in [1.82, 2.24) is 15.2 Å². The van der Waals surface area contributed by atoms with Gasteiger partial charge < -0.3 is 19.4 Å². The number of fused-ring (bicyclic) bond motifs is 1. The second-order valence-corrected chi connectivity index (χ2v) is 9.80. The van der Waals surface area contributed by atoms with Crippen molar-refractivity contribution in [3.05, 3.63) is 30.2 Å². The number of ketones is 1. The molecule has 1 saturated carbocycles. The first kappa shape index (κ1) is 25.4. The van der Waals surface area contributed by atoms with Gasteiger partial charge in [-0.15, -0.1) is 0 Å². The maximum Gasteiger partial charge on any atom is 0.266 e. The molecular formula is C27H37N3O5. The Hall–Kier alpha value is -2.74. The molecule has 2 amide bonds. The average Bonchev–Trinajstić information content (AvgIpc) is 3.34. The van der Waals surface area contributed by atoms with E-state index in [1.54, 1.807) is 17.0 Å². The fourth-order valence-corrected chi connectivity index (χ4v) is 5.16. The molecule has 2 aliphatic rings. The summed E-state index contributed by atoms with van der Waals surface area (Å²) in [7, 11) is 0. The highest BCUT2D eigenvalue weighted by Gasteiger charge is 2.31. The van der Waals surface area contributed by atoms with Gasteiger partial charge in [-0.05, 0) is 37.3 Å². The number of hydrogen-bond acceptors (Lipinski definition) is 6. The number of aromatic nitrogens is 1. The zero-order valence-electron chi connectivity index (χ0n) is 20.7. The number of hydrogen-bond donors (Lipinski definition) is 1. The number of carbonyl (C=O) groups excluding carboxylic acids is 3. The van der Waals surface area contributed by atoms with E-state index in [4.69, 9.17) is 9.15 Å². The molecule has 2 unspecified atom stereocenters. The van der Waals surface area contributed by atoms with Crippen LogP contribution in [0.15, 0.2) is 28.7 Å². The molecule has 2 heterocycles. The third-order valence-corrected chi connectivity index (χ3v) is 7.35. The Kier molecular flexibility index (Phi) is 8.90. The molecule has 1 aliphatic carbocycles. The SMILES string of the molecule is CCC(NC(=O)C(CCC1CCCCC1)CC(=O)N1CCOCC1)C(=O)c1nc2ccccc2o1. The molecule has 2 atom stereocenters. The van der Waals surface area contributed by atoms with Crippen LogP contribution in [0.1, 0.15) is 75.4 Å².